The minimum atomic E-state index is -0.249. The molecular formula is C12H16BrNO3. The highest BCUT2D eigenvalue weighted by atomic mass is 79.9. The van der Waals surface area contributed by atoms with E-state index in [1.807, 2.05) is 18.2 Å². The molecule has 0 bridgehead atoms. The Bertz CT molecular complexity index is 382. The Hall–Kier alpha value is -1.07. The number of esters is 1. The van der Waals surface area contributed by atoms with E-state index >= 15 is 0 Å². The van der Waals surface area contributed by atoms with Crippen molar-refractivity contribution in [1.82, 2.24) is 5.32 Å². The fraction of sp³-hybridized carbons (Fsp3) is 0.417. The van der Waals surface area contributed by atoms with Crippen molar-refractivity contribution in [2.24, 2.45) is 0 Å². The van der Waals surface area contributed by atoms with Gasteiger partial charge in [-0.2, -0.15) is 0 Å². The topological polar surface area (TPSA) is 47.6 Å². The molecule has 4 nitrogen and oxygen atoms in total. The molecule has 0 spiro atoms. The minimum absolute atomic E-state index is 0.198. The number of hydrogen-bond donors (Lipinski definition) is 1. The normalized spacial score (nSPS) is 10.1. The van der Waals surface area contributed by atoms with Crippen LogP contribution in [0.15, 0.2) is 22.7 Å². The first-order valence-electron chi connectivity index (χ1n) is 5.36. The Morgan fingerprint density at radius 2 is 2.24 bits per heavy atom. The van der Waals surface area contributed by atoms with Crippen LogP contribution in [-0.2, 0) is 16.1 Å². The second-order valence-electron chi connectivity index (χ2n) is 3.36. The van der Waals surface area contributed by atoms with E-state index in [0.717, 1.165) is 15.8 Å². The smallest absolute Gasteiger partial charge is 0.319 e. The molecule has 1 rings (SSSR count). The molecule has 1 N–H and O–H groups in total. The van der Waals surface area contributed by atoms with Gasteiger partial charge in [-0.15, -0.1) is 0 Å². The fourth-order valence-corrected chi connectivity index (χ4v) is 1.81. The molecule has 0 saturated carbocycles. The van der Waals surface area contributed by atoms with Crippen LogP contribution >= 0.6 is 15.9 Å². The summed E-state index contributed by atoms with van der Waals surface area (Å²) >= 11 is 3.40. The van der Waals surface area contributed by atoms with E-state index < -0.39 is 0 Å². The third-order valence-corrected chi connectivity index (χ3v) is 2.63. The summed E-state index contributed by atoms with van der Waals surface area (Å²) in [6, 6.07) is 5.75. The van der Waals surface area contributed by atoms with Crippen LogP contribution in [0.1, 0.15) is 12.5 Å². The molecule has 0 unspecified atom stereocenters. The van der Waals surface area contributed by atoms with Crippen LogP contribution in [0, 0.1) is 0 Å². The van der Waals surface area contributed by atoms with E-state index in [0.29, 0.717) is 13.2 Å². The largest absolute Gasteiger partial charge is 0.496 e. The van der Waals surface area contributed by atoms with Crippen LogP contribution in [0.25, 0.3) is 0 Å². The first-order valence-corrected chi connectivity index (χ1v) is 6.15. The number of carbonyl (C=O) groups is 1. The zero-order chi connectivity index (χ0) is 12.7. The Labute approximate surface area is 109 Å². The average molecular weight is 302 g/mol. The first-order chi connectivity index (χ1) is 8.17. The number of methoxy groups -OCH3 is 1. The number of rotatable bonds is 6. The lowest BCUT2D eigenvalue weighted by molar-refractivity contribution is -0.142. The van der Waals surface area contributed by atoms with Gasteiger partial charge < -0.3 is 14.8 Å². The van der Waals surface area contributed by atoms with Gasteiger partial charge in [0.25, 0.3) is 0 Å². The lowest BCUT2D eigenvalue weighted by Gasteiger charge is -2.09. The second kappa shape index (κ2) is 7.29. The molecule has 1 aromatic carbocycles. The van der Waals surface area contributed by atoms with Crippen molar-refractivity contribution in [3.05, 3.63) is 28.2 Å². The predicted molar refractivity (Wildman–Crippen MR) is 69.0 cm³/mol. The van der Waals surface area contributed by atoms with Crippen LogP contribution in [-0.4, -0.2) is 26.2 Å². The third kappa shape index (κ3) is 4.75. The molecule has 0 saturated heterocycles. The summed E-state index contributed by atoms with van der Waals surface area (Å²) < 4.78 is 11.0. The van der Waals surface area contributed by atoms with Gasteiger partial charge in [-0.05, 0) is 25.1 Å². The predicted octanol–water partition coefficient (Wildman–Crippen LogP) is 2.11. The highest BCUT2D eigenvalue weighted by Gasteiger charge is 2.05. The van der Waals surface area contributed by atoms with E-state index in [1.54, 1.807) is 14.0 Å². The van der Waals surface area contributed by atoms with Crippen LogP contribution in [0.5, 0.6) is 5.75 Å². The van der Waals surface area contributed by atoms with Crippen molar-refractivity contribution in [3.63, 3.8) is 0 Å². The van der Waals surface area contributed by atoms with Crippen molar-refractivity contribution < 1.29 is 14.3 Å². The van der Waals surface area contributed by atoms with Crippen LogP contribution in [0.2, 0.25) is 0 Å². The summed E-state index contributed by atoms with van der Waals surface area (Å²) in [5.74, 6) is 0.547. The maximum absolute atomic E-state index is 11.1. The first kappa shape index (κ1) is 14.0. The lowest BCUT2D eigenvalue weighted by Crippen LogP contribution is -2.24. The van der Waals surface area contributed by atoms with E-state index in [4.69, 9.17) is 9.47 Å². The molecule has 17 heavy (non-hydrogen) atoms. The summed E-state index contributed by atoms with van der Waals surface area (Å²) in [4.78, 5) is 11.1. The number of nitrogens with one attached hydrogen (secondary N) is 1. The molecule has 94 valence electrons. The van der Waals surface area contributed by atoms with Gasteiger partial charge in [-0.25, -0.2) is 0 Å². The molecule has 5 heteroatoms. The van der Waals surface area contributed by atoms with Crippen molar-refractivity contribution in [3.8, 4) is 5.75 Å². The number of ether oxygens (including phenoxy) is 2. The number of carbonyl (C=O) groups excluding carboxylic acids is 1. The monoisotopic (exact) mass is 301 g/mol. The Morgan fingerprint density at radius 3 is 2.88 bits per heavy atom. The minimum Gasteiger partial charge on any atom is -0.496 e. The fourth-order valence-electron chi connectivity index (χ4n) is 1.40. The van der Waals surface area contributed by atoms with Crippen molar-refractivity contribution in [2.45, 2.75) is 13.5 Å². The van der Waals surface area contributed by atoms with E-state index in [9.17, 15) is 4.79 Å². The quantitative estimate of drug-likeness (QED) is 0.818. The van der Waals surface area contributed by atoms with Crippen LogP contribution in [0.3, 0.4) is 0 Å². The molecule has 1 aromatic rings. The maximum Gasteiger partial charge on any atom is 0.319 e. The Kier molecular flexibility index (Phi) is 6.00. The van der Waals surface area contributed by atoms with Gasteiger partial charge in [0.15, 0.2) is 0 Å². The summed E-state index contributed by atoms with van der Waals surface area (Å²) in [5.41, 5.74) is 0.992. The van der Waals surface area contributed by atoms with Crippen molar-refractivity contribution in [1.29, 1.82) is 0 Å². The number of hydrogen-bond acceptors (Lipinski definition) is 4. The summed E-state index contributed by atoms with van der Waals surface area (Å²) in [5, 5.41) is 3.01. The van der Waals surface area contributed by atoms with Crippen LogP contribution in [0.4, 0.5) is 0 Å². The van der Waals surface area contributed by atoms with E-state index in [1.165, 1.54) is 0 Å². The Balaban J connectivity index is 2.50. The zero-order valence-electron chi connectivity index (χ0n) is 9.96. The van der Waals surface area contributed by atoms with Gasteiger partial charge in [0, 0.05) is 16.6 Å². The molecule has 0 radical (unpaired) electrons. The molecule has 0 aliphatic carbocycles. The highest BCUT2D eigenvalue weighted by Crippen LogP contribution is 2.22. The van der Waals surface area contributed by atoms with Gasteiger partial charge in [-0.1, -0.05) is 15.9 Å². The van der Waals surface area contributed by atoms with Crippen LogP contribution < -0.4 is 10.1 Å². The average Bonchev–Trinajstić information content (AvgIpc) is 2.30. The van der Waals surface area contributed by atoms with Crippen molar-refractivity contribution >= 4 is 21.9 Å². The molecule has 0 aliphatic heterocycles. The standard InChI is InChI=1S/C12H16BrNO3/c1-3-17-12(15)8-14-7-9-6-10(13)4-5-11(9)16-2/h4-6,14H,3,7-8H2,1-2H3. The summed E-state index contributed by atoms with van der Waals surface area (Å²) in [7, 11) is 1.62. The summed E-state index contributed by atoms with van der Waals surface area (Å²) in [6.07, 6.45) is 0. The van der Waals surface area contributed by atoms with Crippen molar-refractivity contribution in [2.75, 3.05) is 20.3 Å². The van der Waals surface area contributed by atoms with Gasteiger partial charge in [0.2, 0.25) is 0 Å². The summed E-state index contributed by atoms with van der Waals surface area (Å²) in [6.45, 7) is 2.95. The second-order valence-corrected chi connectivity index (χ2v) is 4.28. The van der Waals surface area contributed by atoms with E-state index in [-0.39, 0.29) is 12.5 Å². The van der Waals surface area contributed by atoms with Gasteiger partial charge in [0.1, 0.15) is 5.75 Å². The number of benzene rings is 1. The molecular weight excluding hydrogens is 286 g/mol. The lowest BCUT2D eigenvalue weighted by atomic mass is 10.2. The molecule has 0 heterocycles. The SMILES string of the molecule is CCOC(=O)CNCc1cc(Br)ccc1OC. The molecule has 0 fully saturated rings. The zero-order valence-corrected chi connectivity index (χ0v) is 11.5. The highest BCUT2D eigenvalue weighted by molar-refractivity contribution is 9.10. The van der Waals surface area contributed by atoms with Gasteiger partial charge in [-0.3, -0.25) is 4.79 Å². The molecule has 0 aliphatic rings. The third-order valence-electron chi connectivity index (χ3n) is 2.13. The van der Waals surface area contributed by atoms with E-state index in [2.05, 4.69) is 21.2 Å². The maximum atomic E-state index is 11.1. The number of halogens is 1. The van der Waals surface area contributed by atoms with Gasteiger partial charge in [0.05, 0.1) is 20.3 Å². The molecule has 0 aromatic heterocycles. The molecule has 0 atom stereocenters. The van der Waals surface area contributed by atoms with Gasteiger partial charge >= 0.3 is 5.97 Å². The Morgan fingerprint density at radius 1 is 1.47 bits per heavy atom. The molecule has 0 amide bonds.